The third kappa shape index (κ3) is 6.90. The van der Waals surface area contributed by atoms with E-state index in [2.05, 4.69) is 51.1 Å². The van der Waals surface area contributed by atoms with Gasteiger partial charge in [0.05, 0.1) is 0 Å². The molecule has 0 N–H and O–H groups in total. The largest absolute Gasteiger partial charge is 0.122 e. The summed E-state index contributed by atoms with van der Waals surface area (Å²) in [7, 11) is 0. The van der Waals surface area contributed by atoms with Gasteiger partial charge >= 0.3 is 0 Å². The van der Waals surface area contributed by atoms with Gasteiger partial charge < -0.3 is 0 Å². The van der Waals surface area contributed by atoms with Crippen molar-refractivity contribution in [2.24, 2.45) is 0 Å². The predicted molar refractivity (Wildman–Crippen MR) is 84.4 cm³/mol. The van der Waals surface area contributed by atoms with Crippen LogP contribution < -0.4 is 0 Å². The predicted octanol–water partition coefficient (Wildman–Crippen LogP) is 5.87. The molecule has 1 aromatic carbocycles. The van der Waals surface area contributed by atoms with Crippen molar-refractivity contribution in [3.05, 3.63) is 41.5 Å². The van der Waals surface area contributed by atoms with E-state index in [1.807, 2.05) is 11.8 Å². The van der Waals surface area contributed by atoms with E-state index in [-0.39, 0.29) is 0 Å². The Morgan fingerprint density at radius 1 is 1.17 bits per heavy atom. The van der Waals surface area contributed by atoms with Crippen LogP contribution in [-0.4, -0.2) is 5.75 Å². The van der Waals surface area contributed by atoms with Gasteiger partial charge in [0.15, 0.2) is 0 Å². The molecular formula is C17H26S. The highest BCUT2D eigenvalue weighted by molar-refractivity contribution is 7.99. The second kappa shape index (κ2) is 9.27. The van der Waals surface area contributed by atoms with E-state index >= 15 is 0 Å². The number of aryl methyl sites for hydroxylation is 1. The lowest BCUT2D eigenvalue weighted by Crippen LogP contribution is -1.86. The number of benzene rings is 1. The molecule has 0 saturated heterocycles. The van der Waals surface area contributed by atoms with E-state index in [4.69, 9.17) is 0 Å². The minimum atomic E-state index is 1.08. The molecule has 0 unspecified atom stereocenters. The van der Waals surface area contributed by atoms with Gasteiger partial charge in [0.2, 0.25) is 0 Å². The number of allylic oxidation sites excluding steroid dienone is 1. The Bertz CT molecular complexity index is 362. The van der Waals surface area contributed by atoms with Crippen molar-refractivity contribution in [1.82, 2.24) is 0 Å². The van der Waals surface area contributed by atoms with Crippen molar-refractivity contribution in [1.29, 1.82) is 0 Å². The van der Waals surface area contributed by atoms with Crippen LogP contribution in [0.5, 0.6) is 0 Å². The van der Waals surface area contributed by atoms with Gasteiger partial charge in [-0.15, -0.1) is 11.8 Å². The fourth-order valence-corrected chi connectivity index (χ4v) is 2.87. The highest BCUT2D eigenvalue weighted by atomic mass is 32.2. The van der Waals surface area contributed by atoms with Gasteiger partial charge in [0.25, 0.3) is 0 Å². The first kappa shape index (κ1) is 15.4. The minimum absolute atomic E-state index is 1.08. The maximum Gasteiger partial charge on any atom is 0.0163 e. The van der Waals surface area contributed by atoms with E-state index in [0.717, 1.165) is 5.75 Å². The third-order valence-electron chi connectivity index (χ3n) is 2.96. The fourth-order valence-electron chi connectivity index (χ4n) is 1.85. The second-order valence-corrected chi connectivity index (χ2v) is 6.14. The van der Waals surface area contributed by atoms with Crippen LogP contribution in [0.3, 0.4) is 0 Å². The lowest BCUT2D eigenvalue weighted by Gasteiger charge is -2.04. The van der Waals surface area contributed by atoms with Gasteiger partial charge in [0.1, 0.15) is 0 Å². The van der Waals surface area contributed by atoms with Crippen LogP contribution in [0.15, 0.2) is 40.8 Å². The first-order chi connectivity index (χ1) is 8.72. The van der Waals surface area contributed by atoms with Crippen molar-refractivity contribution in [2.75, 3.05) is 5.75 Å². The molecule has 0 radical (unpaired) electrons. The Morgan fingerprint density at radius 3 is 2.72 bits per heavy atom. The van der Waals surface area contributed by atoms with E-state index < -0.39 is 0 Å². The van der Waals surface area contributed by atoms with Crippen LogP contribution in [0, 0.1) is 0 Å². The number of rotatable bonds is 8. The maximum absolute atomic E-state index is 2.36. The van der Waals surface area contributed by atoms with Gasteiger partial charge in [-0.25, -0.2) is 0 Å². The second-order valence-electron chi connectivity index (χ2n) is 5.05. The van der Waals surface area contributed by atoms with E-state index in [1.165, 1.54) is 48.1 Å². The Labute approximate surface area is 117 Å². The first-order valence-corrected chi connectivity index (χ1v) is 8.06. The summed E-state index contributed by atoms with van der Waals surface area (Å²) in [6.07, 6.45) is 8.91. The van der Waals surface area contributed by atoms with E-state index in [9.17, 15) is 0 Å². The SMILES string of the molecule is CCCCCCc1cccc(SCC=C(C)C)c1. The molecule has 1 rings (SSSR count). The lowest BCUT2D eigenvalue weighted by molar-refractivity contribution is 0.666. The number of thioether (sulfide) groups is 1. The first-order valence-electron chi connectivity index (χ1n) is 7.07. The molecule has 1 aromatic rings. The third-order valence-corrected chi connectivity index (χ3v) is 3.88. The number of hydrogen-bond acceptors (Lipinski definition) is 1. The summed E-state index contributed by atoms with van der Waals surface area (Å²) in [5.41, 5.74) is 2.89. The zero-order chi connectivity index (χ0) is 13.2. The van der Waals surface area contributed by atoms with Crippen LogP contribution in [-0.2, 0) is 6.42 Å². The molecule has 100 valence electrons. The molecule has 0 fully saturated rings. The average molecular weight is 262 g/mol. The Hall–Kier alpha value is -0.690. The van der Waals surface area contributed by atoms with E-state index in [1.54, 1.807) is 0 Å². The lowest BCUT2D eigenvalue weighted by atomic mass is 10.1. The van der Waals surface area contributed by atoms with Gasteiger partial charge in [-0.3, -0.25) is 0 Å². The summed E-state index contributed by atoms with van der Waals surface area (Å²) in [5, 5.41) is 0. The molecule has 0 aliphatic rings. The van der Waals surface area contributed by atoms with Crippen LogP contribution >= 0.6 is 11.8 Å². The number of unbranched alkanes of at least 4 members (excludes halogenated alkanes) is 3. The summed E-state index contributed by atoms with van der Waals surface area (Å²) < 4.78 is 0. The fraction of sp³-hybridized carbons (Fsp3) is 0.529. The summed E-state index contributed by atoms with van der Waals surface area (Å²) in [6.45, 7) is 6.58. The van der Waals surface area contributed by atoms with Crippen LogP contribution in [0.25, 0.3) is 0 Å². The highest BCUT2D eigenvalue weighted by Gasteiger charge is 1.97. The smallest absolute Gasteiger partial charge is 0.0163 e. The molecule has 0 aromatic heterocycles. The topological polar surface area (TPSA) is 0 Å². The molecule has 0 heterocycles. The monoisotopic (exact) mass is 262 g/mol. The molecule has 0 amide bonds. The summed E-state index contributed by atoms with van der Waals surface area (Å²) in [6, 6.07) is 9.03. The van der Waals surface area contributed by atoms with Crippen LogP contribution in [0.1, 0.15) is 52.0 Å². The summed E-state index contributed by atoms with van der Waals surface area (Å²) in [5.74, 6) is 1.08. The molecule has 0 atom stereocenters. The summed E-state index contributed by atoms with van der Waals surface area (Å²) in [4.78, 5) is 1.40. The maximum atomic E-state index is 2.36. The van der Waals surface area contributed by atoms with Crippen molar-refractivity contribution < 1.29 is 0 Å². The molecule has 0 aliphatic carbocycles. The van der Waals surface area contributed by atoms with Crippen molar-refractivity contribution >= 4 is 11.8 Å². The Balaban J connectivity index is 2.39. The molecular weight excluding hydrogens is 236 g/mol. The van der Waals surface area contributed by atoms with Gasteiger partial charge in [-0.2, -0.15) is 0 Å². The quantitative estimate of drug-likeness (QED) is 0.321. The number of hydrogen-bond donors (Lipinski definition) is 0. The zero-order valence-electron chi connectivity index (χ0n) is 12.0. The zero-order valence-corrected chi connectivity index (χ0v) is 12.9. The van der Waals surface area contributed by atoms with E-state index in [0.29, 0.717) is 0 Å². The van der Waals surface area contributed by atoms with Crippen molar-refractivity contribution in [2.45, 2.75) is 57.8 Å². The van der Waals surface area contributed by atoms with Gasteiger partial charge in [-0.1, -0.05) is 50.0 Å². The van der Waals surface area contributed by atoms with Gasteiger partial charge in [-0.05, 0) is 44.4 Å². The van der Waals surface area contributed by atoms with Crippen LogP contribution in [0.4, 0.5) is 0 Å². The Morgan fingerprint density at radius 2 is 2.00 bits per heavy atom. The highest BCUT2D eigenvalue weighted by Crippen LogP contribution is 2.20. The normalized spacial score (nSPS) is 10.4. The molecule has 1 heteroatoms. The molecule has 0 bridgehead atoms. The standard InChI is InChI=1S/C17H26S/c1-4-5-6-7-9-16-10-8-11-17(14-16)18-13-12-15(2)3/h8,10-12,14H,4-7,9,13H2,1-3H3. The van der Waals surface area contributed by atoms with Crippen LogP contribution in [0.2, 0.25) is 0 Å². The molecule has 0 aliphatic heterocycles. The van der Waals surface area contributed by atoms with Crippen molar-refractivity contribution in [3.8, 4) is 0 Å². The molecule has 0 nitrogen and oxygen atoms in total. The molecule has 0 spiro atoms. The molecule has 0 saturated carbocycles. The summed E-state index contributed by atoms with van der Waals surface area (Å²) >= 11 is 1.93. The minimum Gasteiger partial charge on any atom is -0.122 e. The van der Waals surface area contributed by atoms with Crippen molar-refractivity contribution in [3.63, 3.8) is 0 Å². The van der Waals surface area contributed by atoms with Gasteiger partial charge in [0, 0.05) is 10.6 Å². The molecule has 18 heavy (non-hydrogen) atoms. The Kier molecular flexibility index (Phi) is 7.91. The average Bonchev–Trinajstić information content (AvgIpc) is 2.35.